The Morgan fingerprint density at radius 2 is 1.92 bits per heavy atom. The van der Waals surface area contributed by atoms with E-state index in [0.29, 0.717) is 16.4 Å². The lowest BCUT2D eigenvalue weighted by Gasteiger charge is -2.06. The van der Waals surface area contributed by atoms with E-state index in [1.807, 2.05) is 25.1 Å². The number of fused-ring (bicyclic) bond motifs is 1. The number of hydrogen-bond donors (Lipinski definition) is 2. The topological polar surface area (TPSA) is 88.2 Å². The number of carbonyl (C=O) groups is 1. The highest BCUT2D eigenvalue weighted by molar-refractivity contribution is 7.92. The van der Waals surface area contributed by atoms with Gasteiger partial charge in [-0.3, -0.25) is 14.8 Å². The highest BCUT2D eigenvalue weighted by Crippen LogP contribution is 2.28. The van der Waals surface area contributed by atoms with Gasteiger partial charge in [0, 0.05) is 11.3 Å². The number of aromatic nitrogens is 1. The van der Waals surface area contributed by atoms with E-state index < -0.39 is 10.0 Å². The predicted molar refractivity (Wildman–Crippen MR) is 97.2 cm³/mol. The average Bonchev–Trinajstić information content (AvgIpc) is 2.89. The van der Waals surface area contributed by atoms with Gasteiger partial charge in [0.1, 0.15) is 0 Å². The Kier molecular flexibility index (Phi) is 4.25. The lowest BCUT2D eigenvalue weighted by Crippen LogP contribution is -2.13. The number of anilines is 2. The molecule has 2 N–H and O–H groups in total. The second-order valence-corrected chi connectivity index (χ2v) is 8.13. The first-order valence-electron chi connectivity index (χ1n) is 7.07. The summed E-state index contributed by atoms with van der Waals surface area (Å²) < 4.78 is 25.9. The minimum Gasteiger partial charge on any atom is -0.298 e. The molecule has 124 valence electrons. The number of amides is 1. The third-order valence-electron chi connectivity index (χ3n) is 3.27. The minimum absolute atomic E-state index is 0.338. The van der Waals surface area contributed by atoms with Crippen LogP contribution in [-0.4, -0.2) is 25.6 Å². The highest BCUT2D eigenvalue weighted by Gasteiger charge is 2.12. The van der Waals surface area contributed by atoms with E-state index in [1.165, 1.54) is 17.4 Å². The molecule has 0 aliphatic rings. The molecule has 3 aromatic rings. The molecule has 0 fully saturated rings. The van der Waals surface area contributed by atoms with Gasteiger partial charge in [0.05, 0.1) is 16.5 Å². The van der Waals surface area contributed by atoms with E-state index in [4.69, 9.17) is 0 Å². The zero-order chi connectivity index (χ0) is 17.3. The zero-order valence-electron chi connectivity index (χ0n) is 13.0. The number of sulfonamides is 1. The van der Waals surface area contributed by atoms with Crippen LogP contribution in [0.15, 0.2) is 42.5 Å². The van der Waals surface area contributed by atoms with Crippen molar-refractivity contribution in [2.75, 3.05) is 16.3 Å². The fourth-order valence-electron chi connectivity index (χ4n) is 2.25. The Hall–Kier alpha value is -2.45. The van der Waals surface area contributed by atoms with E-state index >= 15 is 0 Å². The fourth-order valence-corrected chi connectivity index (χ4v) is 3.74. The van der Waals surface area contributed by atoms with Crippen molar-refractivity contribution >= 4 is 48.3 Å². The van der Waals surface area contributed by atoms with Crippen LogP contribution in [0.4, 0.5) is 10.8 Å². The van der Waals surface area contributed by atoms with Crippen LogP contribution in [0.1, 0.15) is 15.9 Å². The van der Waals surface area contributed by atoms with Crippen LogP contribution in [-0.2, 0) is 10.0 Å². The van der Waals surface area contributed by atoms with Crippen molar-refractivity contribution in [1.82, 2.24) is 4.98 Å². The maximum absolute atomic E-state index is 12.4. The van der Waals surface area contributed by atoms with Crippen molar-refractivity contribution in [1.29, 1.82) is 0 Å². The summed E-state index contributed by atoms with van der Waals surface area (Å²) in [5.74, 6) is -0.344. The first-order chi connectivity index (χ1) is 11.3. The molecule has 0 aliphatic carbocycles. The normalized spacial score (nSPS) is 11.4. The lowest BCUT2D eigenvalue weighted by molar-refractivity contribution is 0.102. The van der Waals surface area contributed by atoms with Gasteiger partial charge >= 0.3 is 0 Å². The van der Waals surface area contributed by atoms with Crippen LogP contribution in [0.3, 0.4) is 0 Å². The number of carbonyl (C=O) groups excluding carboxylic acids is 1. The summed E-state index contributed by atoms with van der Waals surface area (Å²) in [5, 5.41) is 3.26. The number of rotatable bonds is 4. The first kappa shape index (κ1) is 16.4. The van der Waals surface area contributed by atoms with Crippen LogP contribution in [0.25, 0.3) is 10.2 Å². The summed E-state index contributed by atoms with van der Waals surface area (Å²) in [5.41, 5.74) is 2.60. The van der Waals surface area contributed by atoms with Gasteiger partial charge in [-0.25, -0.2) is 13.4 Å². The van der Waals surface area contributed by atoms with Gasteiger partial charge in [-0.15, -0.1) is 0 Å². The molecule has 8 heteroatoms. The van der Waals surface area contributed by atoms with E-state index in [9.17, 15) is 13.2 Å². The Morgan fingerprint density at radius 1 is 1.17 bits per heavy atom. The molecule has 0 atom stereocenters. The summed E-state index contributed by atoms with van der Waals surface area (Å²) in [7, 11) is -3.39. The third-order valence-corrected chi connectivity index (χ3v) is 4.81. The Balaban J connectivity index is 1.83. The maximum atomic E-state index is 12.4. The van der Waals surface area contributed by atoms with Gasteiger partial charge in [0.2, 0.25) is 10.0 Å². The number of nitrogens with zero attached hydrogens (tertiary/aromatic N) is 1. The number of aryl methyl sites for hydroxylation is 1. The number of hydrogen-bond acceptors (Lipinski definition) is 5. The molecule has 0 aliphatic heterocycles. The molecule has 1 amide bonds. The first-order valence-corrected chi connectivity index (χ1v) is 9.78. The lowest BCUT2D eigenvalue weighted by atomic mass is 10.2. The van der Waals surface area contributed by atoms with Crippen LogP contribution in [0.5, 0.6) is 0 Å². The summed E-state index contributed by atoms with van der Waals surface area (Å²) >= 11 is 1.39. The third kappa shape index (κ3) is 3.72. The van der Waals surface area contributed by atoms with Crippen molar-refractivity contribution in [2.24, 2.45) is 0 Å². The van der Waals surface area contributed by atoms with Crippen molar-refractivity contribution in [3.63, 3.8) is 0 Å². The van der Waals surface area contributed by atoms with E-state index in [0.717, 1.165) is 22.0 Å². The van der Waals surface area contributed by atoms with Crippen LogP contribution in [0, 0.1) is 6.92 Å². The predicted octanol–water partition coefficient (Wildman–Crippen LogP) is 3.23. The molecule has 0 radical (unpaired) electrons. The molecule has 0 saturated heterocycles. The molecule has 1 heterocycles. The molecular formula is C16H15N3O3S2. The van der Waals surface area contributed by atoms with Crippen LogP contribution in [0.2, 0.25) is 0 Å². The van der Waals surface area contributed by atoms with E-state index in [-0.39, 0.29) is 5.91 Å². The van der Waals surface area contributed by atoms with Gasteiger partial charge in [-0.05, 0) is 36.8 Å². The monoisotopic (exact) mass is 361 g/mol. The quantitative estimate of drug-likeness (QED) is 0.747. The maximum Gasteiger partial charge on any atom is 0.257 e. The van der Waals surface area contributed by atoms with Gasteiger partial charge in [-0.2, -0.15) is 0 Å². The number of para-hydroxylation sites is 1. The molecule has 0 saturated carbocycles. The number of thiazole rings is 1. The van der Waals surface area contributed by atoms with Gasteiger partial charge < -0.3 is 0 Å². The molecule has 6 nitrogen and oxygen atoms in total. The smallest absolute Gasteiger partial charge is 0.257 e. The number of nitrogens with one attached hydrogen (secondary N) is 2. The van der Waals surface area contributed by atoms with Gasteiger partial charge in [0.25, 0.3) is 5.91 Å². The molecule has 0 spiro atoms. The number of benzene rings is 2. The zero-order valence-corrected chi connectivity index (χ0v) is 14.7. The molecule has 2 aromatic carbocycles. The largest absolute Gasteiger partial charge is 0.298 e. The van der Waals surface area contributed by atoms with Crippen molar-refractivity contribution in [3.05, 3.63) is 53.6 Å². The van der Waals surface area contributed by atoms with E-state index in [2.05, 4.69) is 15.0 Å². The van der Waals surface area contributed by atoms with Crippen molar-refractivity contribution < 1.29 is 13.2 Å². The average molecular weight is 361 g/mol. The second-order valence-electron chi connectivity index (χ2n) is 5.35. The summed E-state index contributed by atoms with van der Waals surface area (Å²) in [6.45, 7) is 1.97. The Bertz CT molecular complexity index is 1030. The summed E-state index contributed by atoms with van der Waals surface area (Å²) in [4.78, 5) is 16.8. The second kappa shape index (κ2) is 6.21. The standard InChI is InChI=1S/C16H15N3O3S2/c1-10-5-3-8-13-14(10)17-16(23-13)18-15(20)11-6-4-7-12(9-11)19-24(2,21)22/h3-9,19H,1-2H3,(H,17,18,20). The van der Waals surface area contributed by atoms with Crippen molar-refractivity contribution in [2.45, 2.75) is 6.92 Å². The van der Waals surface area contributed by atoms with Gasteiger partial charge in [-0.1, -0.05) is 29.5 Å². The van der Waals surface area contributed by atoms with Crippen molar-refractivity contribution in [3.8, 4) is 0 Å². The molecule has 3 rings (SSSR count). The Morgan fingerprint density at radius 3 is 2.62 bits per heavy atom. The SMILES string of the molecule is Cc1cccc2sc(NC(=O)c3cccc(NS(C)(=O)=O)c3)nc12. The molecule has 0 bridgehead atoms. The summed E-state index contributed by atoms with van der Waals surface area (Å²) in [6.07, 6.45) is 1.06. The molecule has 24 heavy (non-hydrogen) atoms. The van der Waals surface area contributed by atoms with Gasteiger partial charge in [0.15, 0.2) is 5.13 Å². The molecule has 0 unspecified atom stereocenters. The van der Waals surface area contributed by atoms with Crippen LogP contribution >= 0.6 is 11.3 Å². The fraction of sp³-hybridized carbons (Fsp3) is 0.125. The molecular weight excluding hydrogens is 346 g/mol. The Labute approximate surface area is 143 Å². The highest BCUT2D eigenvalue weighted by atomic mass is 32.2. The van der Waals surface area contributed by atoms with E-state index in [1.54, 1.807) is 18.2 Å². The summed E-state index contributed by atoms with van der Waals surface area (Å²) in [6, 6.07) is 12.2. The molecule has 1 aromatic heterocycles. The van der Waals surface area contributed by atoms with Crippen LogP contribution < -0.4 is 10.0 Å². The minimum atomic E-state index is -3.39.